The van der Waals surface area contributed by atoms with Crippen molar-refractivity contribution in [1.82, 2.24) is 10.2 Å². The number of hydrogen-bond donors (Lipinski definition) is 1. The third kappa shape index (κ3) is 2.66. The number of nitrogens with one attached hydrogen (secondary N) is 1. The van der Waals surface area contributed by atoms with Crippen molar-refractivity contribution in [3.63, 3.8) is 0 Å². The van der Waals surface area contributed by atoms with E-state index in [1.165, 1.54) is 6.42 Å². The molecule has 16 heavy (non-hydrogen) atoms. The van der Waals surface area contributed by atoms with Gasteiger partial charge in [-0.25, -0.2) is 0 Å². The summed E-state index contributed by atoms with van der Waals surface area (Å²) in [6.07, 6.45) is 1.19. The van der Waals surface area contributed by atoms with Crippen LogP contribution in [0.2, 0.25) is 0 Å². The highest BCUT2D eigenvalue weighted by Crippen LogP contribution is 2.15. The maximum absolute atomic E-state index is 5.64. The SMILES string of the molecule is CCC1CN(Cc2ccc(C)o2)C(C)CN1. The van der Waals surface area contributed by atoms with Crippen LogP contribution in [0.5, 0.6) is 0 Å². The summed E-state index contributed by atoms with van der Waals surface area (Å²) in [6, 6.07) is 5.35. The fourth-order valence-corrected chi connectivity index (χ4v) is 2.26. The molecule has 2 atom stereocenters. The predicted octanol–water partition coefficient (Wildman–Crippen LogP) is 2.16. The fourth-order valence-electron chi connectivity index (χ4n) is 2.26. The van der Waals surface area contributed by atoms with Crippen LogP contribution in [0.25, 0.3) is 0 Å². The fraction of sp³-hybridized carbons (Fsp3) is 0.692. The monoisotopic (exact) mass is 222 g/mol. The predicted molar refractivity (Wildman–Crippen MR) is 65.4 cm³/mol. The third-order valence-corrected chi connectivity index (χ3v) is 3.43. The molecule has 1 aliphatic rings. The Morgan fingerprint density at radius 1 is 1.50 bits per heavy atom. The zero-order chi connectivity index (χ0) is 11.5. The van der Waals surface area contributed by atoms with Crippen LogP contribution in [-0.4, -0.2) is 30.1 Å². The summed E-state index contributed by atoms with van der Waals surface area (Å²) in [6.45, 7) is 9.65. The van der Waals surface area contributed by atoms with E-state index >= 15 is 0 Å². The van der Waals surface area contributed by atoms with Crippen molar-refractivity contribution in [2.45, 2.75) is 45.8 Å². The molecule has 90 valence electrons. The number of rotatable bonds is 3. The van der Waals surface area contributed by atoms with Gasteiger partial charge < -0.3 is 9.73 Å². The maximum atomic E-state index is 5.64. The van der Waals surface area contributed by atoms with Crippen molar-refractivity contribution in [3.8, 4) is 0 Å². The molecule has 0 amide bonds. The smallest absolute Gasteiger partial charge is 0.118 e. The summed E-state index contributed by atoms with van der Waals surface area (Å²) in [5.74, 6) is 2.09. The van der Waals surface area contributed by atoms with Crippen LogP contribution >= 0.6 is 0 Å². The Balaban J connectivity index is 1.96. The van der Waals surface area contributed by atoms with Crippen LogP contribution in [0.15, 0.2) is 16.5 Å². The van der Waals surface area contributed by atoms with Gasteiger partial charge in [-0.1, -0.05) is 6.92 Å². The molecule has 1 N–H and O–H groups in total. The molecular formula is C13H22N2O. The largest absolute Gasteiger partial charge is 0.465 e. The van der Waals surface area contributed by atoms with E-state index in [-0.39, 0.29) is 0 Å². The van der Waals surface area contributed by atoms with E-state index in [0.29, 0.717) is 12.1 Å². The molecule has 0 spiro atoms. The van der Waals surface area contributed by atoms with Gasteiger partial charge in [-0.2, -0.15) is 0 Å². The maximum Gasteiger partial charge on any atom is 0.118 e. The lowest BCUT2D eigenvalue weighted by Gasteiger charge is -2.38. The lowest BCUT2D eigenvalue weighted by Crippen LogP contribution is -2.54. The van der Waals surface area contributed by atoms with E-state index in [9.17, 15) is 0 Å². The first-order valence-electron chi connectivity index (χ1n) is 6.21. The molecule has 1 saturated heterocycles. The Bertz CT molecular complexity index is 334. The Morgan fingerprint density at radius 2 is 2.31 bits per heavy atom. The third-order valence-electron chi connectivity index (χ3n) is 3.43. The highest BCUT2D eigenvalue weighted by atomic mass is 16.3. The lowest BCUT2D eigenvalue weighted by molar-refractivity contribution is 0.122. The van der Waals surface area contributed by atoms with Crippen molar-refractivity contribution in [2.24, 2.45) is 0 Å². The number of hydrogen-bond acceptors (Lipinski definition) is 3. The van der Waals surface area contributed by atoms with E-state index in [1.54, 1.807) is 0 Å². The Hall–Kier alpha value is -0.800. The molecule has 2 rings (SSSR count). The number of aryl methyl sites for hydroxylation is 1. The molecule has 3 nitrogen and oxygen atoms in total. The standard InChI is InChI=1S/C13H22N2O/c1-4-12-8-15(10(2)7-14-12)9-13-6-5-11(3)16-13/h5-6,10,12,14H,4,7-9H2,1-3H3. The second-order valence-electron chi connectivity index (χ2n) is 4.80. The van der Waals surface area contributed by atoms with Crippen LogP contribution in [0.1, 0.15) is 31.8 Å². The minimum atomic E-state index is 0.591. The zero-order valence-corrected chi connectivity index (χ0v) is 10.5. The van der Waals surface area contributed by atoms with Crippen LogP contribution in [-0.2, 0) is 6.54 Å². The number of furan rings is 1. The van der Waals surface area contributed by atoms with E-state index < -0.39 is 0 Å². The summed E-state index contributed by atoms with van der Waals surface area (Å²) in [4.78, 5) is 2.50. The minimum Gasteiger partial charge on any atom is -0.465 e. The summed E-state index contributed by atoms with van der Waals surface area (Å²) in [7, 11) is 0. The normalized spacial score (nSPS) is 27.2. The van der Waals surface area contributed by atoms with Gasteiger partial charge in [-0.15, -0.1) is 0 Å². The van der Waals surface area contributed by atoms with Crippen molar-refractivity contribution < 1.29 is 4.42 Å². The molecule has 2 heterocycles. The van der Waals surface area contributed by atoms with Gasteiger partial charge in [0.05, 0.1) is 6.54 Å². The lowest BCUT2D eigenvalue weighted by atomic mass is 10.1. The zero-order valence-electron chi connectivity index (χ0n) is 10.5. The summed E-state index contributed by atoms with van der Waals surface area (Å²) < 4.78 is 5.64. The molecule has 1 fully saturated rings. The van der Waals surface area contributed by atoms with Crippen LogP contribution in [0, 0.1) is 6.92 Å². The number of piperazine rings is 1. The highest BCUT2D eigenvalue weighted by Gasteiger charge is 2.24. The Labute approximate surface area is 97.8 Å². The Morgan fingerprint density at radius 3 is 2.94 bits per heavy atom. The molecule has 1 aliphatic heterocycles. The molecule has 2 unspecified atom stereocenters. The first kappa shape index (κ1) is 11.7. The molecule has 0 bridgehead atoms. The van der Waals surface area contributed by atoms with E-state index in [4.69, 9.17) is 4.42 Å². The first-order valence-corrected chi connectivity index (χ1v) is 6.21. The van der Waals surface area contributed by atoms with Gasteiger partial charge in [-0.05, 0) is 32.4 Å². The molecule has 1 aromatic rings. The van der Waals surface area contributed by atoms with Crippen LogP contribution < -0.4 is 5.32 Å². The summed E-state index contributed by atoms with van der Waals surface area (Å²) in [5, 5.41) is 3.57. The molecule has 0 saturated carbocycles. The molecule has 0 aromatic carbocycles. The number of nitrogens with zero attached hydrogens (tertiary/aromatic N) is 1. The Kier molecular flexibility index (Phi) is 3.66. The molecule has 1 aromatic heterocycles. The molecular weight excluding hydrogens is 200 g/mol. The van der Waals surface area contributed by atoms with Gasteiger partial charge in [0.1, 0.15) is 11.5 Å². The molecule has 3 heteroatoms. The van der Waals surface area contributed by atoms with Crippen molar-refractivity contribution >= 4 is 0 Å². The molecule has 0 radical (unpaired) electrons. The van der Waals surface area contributed by atoms with Crippen molar-refractivity contribution in [3.05, 3.63) is 23.7 Å². The second kappa shape index (κ2) is 5.02. The van der Waals surface area contributed by atoms with Gasteiger partial charge in [0.25, 0.3) is 0 Å². The van der Waals surface area contributed by atoms with E-state index in [0.717, 1.165) is 31.2 Å². The topological polar surface area (TPSA) is 28.4 Å². The van der Waals surface area contributed by atoms with E-state index in [1.807, 2.05) is 13.0 Å². The van der Waals surface area contributed by atoms with Gasteiger partial charge in [0, 0.05) is 25.2 Å². The van der Waals surface area contributed by atoms with Gasteiger partial charge in [0.2, 0.25) is 0 Å². The van der Waals surface area contributed by atoms with Gasteiger partial charge >= 0.3 is 0 Å². The summed E-state index contributed by atoms with van der Waals surface area (Å²) in [5.41, 5.74) is 0. The van der Waals surface area contributed by atoms with E-state index in [2.05, 4.69) is 30.1 Å². The highest BCUT2D eigenvalue weighted by molar-refractivity contribution is 5.06. The molecule has 0 aliphatic carbocycles. The van der Waals surface area contributed by atoms with Crippen molar-refractivity contribution in [2.75, 3.05) is 13.1 Å². The summed E-state index contributed by atoms with van der Waals surface area (Å²) >= 11 is 0. The second-order valence-corrected chi connectivity index (χ2v) is 4.80. The van der Waals surface area contributed by atoms with Gasteiger partial charge in [0.15, 0.2) is 0 Å². The minimum absolute atomic E-state index is 0.591. The van der Waals surface area contributed by atoms with Crippen LogP contribution in [0.3, 0.4) is 0 Å². The first-order chi connectivity index (χ1) is 7.69. The average molecular weight is 222 g/mol. The average Bonchev–Trinajstić information content (AvgIpc) is 2.67. The van der Waals surface area contributed by atoms with Crippen molar-refractivity contribution in [1.29, 1.82) is 0 Å². The van der Waals surface area contributed by atoms with Crippen LogP contribution in [0.4, 0.5) is 0 Å². The van der Waals surface area contributed by atoms with Gasteiger partial charge in [-0.3, -0.25) is 4.90 Å². The quantitative estimate of drug-likeness (QED) is 0.849.